The van der Waals surface area contributed by atoms with Gasteiger partial charge in [-0.3, -0.25) is 4.68 Å². The van der Waals surface area contributed by atoms with Gasteiger partial charge in [0.2, 0.25) is 0 Å². The summed E-state index contributed by atoms with van der Waals surface area (Å²) in [6.07, 6.45) is 6.79. The Morgan fingerprint density at radius 1 is 1.44 bits per heavy atom. The lowest BCUT2D eigenvalue weighted by Crippen LogP contribution is -2.38. The number of hydrogen-bond acceptors (Lipinski definition) is 3. The molecule has 3 unspecified atom stereocenters. The molecule has 0 radical (unpaired) electrons. The van der Waals surface area contributed by atoms with E-state index < -0.39 is 0 Å². The van der Waals surface area contributed by atoms with Gasteiger partial charge in [-0.2, -0.15) is 5.10 Å². The van der Waals surface area contributed by atoms with Crippen LogP contribution in [0.3, 0.4) is 0 Å². The molecule has 1 heterocycles. The van der Waals surface area contributed by atoms with E-state index in [-0.39, 0.29) is 0 Å². The molecule has 1 aliphatic carbocycles. The number of rotatable bonds is 6. The molecule has 0 bridgehead atoms. The fourth-order valence-electron chi connectivity index (χ4n) is 3.19. The minimum Gasteiger partial charge on any atom is -0.314 e. The molecule has 0 spiro atoms. The van der Waals surface area contributed by atoms with Gasteiger partial charge in [0.15, 0.2) is 0 Å². The molecular weight excluding hydrogens is 224 g/mol. The van der Waals surface area contributed by atoms with Gasteiger partial charge in [-0.05, 0) is 38.1 Å². The van der Waals surface area contributed by atoms with Gasteiger partial charge in [-0.1, -0.05) is 20.3 Å². The molecule has 1 aromatic heterocycles. The number of likely N-dealkylation sites (N-methyl/N-ethyl adjacent to an activating group) is 1. The van der Waals surface area contributed by atoms with E-state index in [1.807, 2.05) is 4.68 Å². The summed E-state index contributed by atoms with van der Waals surface area (Å²) in [6, 6.07) is 0.564. The maximum Gasteiger partial charge on any atom is 0.138 e. The van der Waals surface area contributed by atoms with Gasteiger partial charge < -0.3 is 5.32 Å². The van der Waals surface area contributed by atoms with E-state index in [0.29, 0.717) is 6.04 Å². The van der Waals surface area contributed by atoms with Gasteiger partial charge >= 0.3 is 0 Å². The molecule has 2 rings (SSSR count). The van der Waals surface area contributed by atoms with Gasteiger partial charge in [-0.25, -0.2) is 4.98 Å². The molecule has 102 valence electrons. The Morgan fingerprint density at radius 3 is 2.89 bits per heavy atom. The van der Waals surface area contributed by atoms with Crippen molar-refractivity contribution in [2.75, 3.05) is 6.54 Å². The zero-order chi connectivity index (χ0) is 13.0. The van der Waals surface area contributed by atoms with E-state index in [0.717, 1.165) is 37.2 Å². The molecule has 3 atom stereocenters. The van der Waals surface area contributed by atoms with Crippen LogP contribution in [0, 0.1) is 11.8 Å². The largest absolute Gasteiger partial charge is 0.314 e. The Bertz CT molecular complexity index is 360. The summed E-state index contributed by atoms with van der Waals surface area (Å²) >= 11 is 0. The molecule has 1 aliphatic rings. The van der Waals surface area contributed by atoms with Crippen LogP contribution in [0.2, 0.25) is 0 Å². The van der Waals surface area contributed by atoms with Crippen molar-refractivity contribution in [1.29, 1.82) is 0 Å². The summed E-state index contributed by atoms with van der Waals surface area (Å²) in [7, 11) is 0. The number of aromatic nitrogens is 3. The van der Waals surface area contributed by atoms with E-state index in [9.17, 15) is 0 Å². The number of aryl methyl sites for hydroxylation is 1. The standard InChI is InChI=1S/C14H26N4/c1-4-15-13(12-7-6-11(3)8-12)9-14-16-10-17-18(14)5-2/h10-13,15H,4-9H2,1-3H3. The van der Waals surface area contributed by atoms with E-state index in [4.69, 9.17) is 0 Å². The topological polar surface area (TPSA) is 42.7 Å². The van der Waals surface area contributed by atoms with Crippen LogP contribution >= 0.6 is 0 Å². The molecule has 0 saturated heterocycles. The Hall–Kier alpha value is -0.900. The quantitative estimate of drug-likeness (QED) is 0.842. The maximum absolute atomic E-state index is 4.41. The lowest BCUT2D eigenvalue weighted by atomic mass is 9.94. The van der Waals surface area contributed by atoms with Gasteiger partial charge in [0.05, 0.1) is 0 Å². The van der Waals surface area contributed by atoms with Crippen LogP contribution in [0.4, 0.5) is 0 Å². The average molecular weight is 250 g/mol. The normalized spacial score (nSPS) is 25.5. The summed E-state index contributed by atoms with van der Waals surface area (Å²) in [5.74, 6) is 2.82. The van der Waals surface area contributed by atoms with Crippen molar-refractivity contribution in [3.05, 3.63) is 12.2 Å². The molecule has 18 heavy (non-hydrogen) atoms. The van der Waals surface area contributed by atoms with Crippen molar-refractivity contribution >= 4 is 0 Å². The van der Waals surface area contributed by atoms with Crippen molar-refractivity contribution < 1.29 is 0 Å². The lowest BCUT2D eigenvalue weighted by Gasteiger charge is -2.24. The van der Waals surface area contributed by atoms with Crippen molar-refractivity contribution in [3.63, 3.8) is 0 Å². The van der Waals surface area contributed by atoms with Crippen LogP contribution in [0.25, 0.3) is 0 Å². The lowest BCUT2D eigenvalue weighted by molar-refractivity contribution is 0.344. The average Bonchev–Trinajstić information content (AvgIpc) is 2.97. The zero-order valence-electron chi connectivity index (χ0n) is 11.9. The SMILES string of the molecule is CCNC(Cc1ncnn1CC)C1CCC(C)C1. The van der Waals surface area contributed by atoms with Crippen molar-refractivity contribution in [1.82, 2.24) is 20.1 Å². The van der Waals surface area contributed by atoms with Gasteiger partial charge in [-0.15, -0.1) is 0 Å². The Morgan fingerprint density at radius 2 is 2.28 bits per heavy atom. The maximum atomic E-state index is 4.41. The third-order valence-electron chi connectivity index (χ3n) is 4.17. The molecule has 0 aliphatic heterocycles. The predicted molar refractivity (Wildman–Crippen MR) is 73.4 cm³/mol. The Labute approximate surface area is 110 Å². The van der Waals surface area contributed by atoms with Crippen LogP contribution in [-0.2, 0) is 13.0 Å². The third-order valence-corrected chi connectivity index (χ3v) is 4.17. The highest BCUT2D eigenvalue weighted by atomic mass is 15.3. The van der Waals surface area contributed by atoms with E-state index in [1.165, 1.54) is 19.3 Å². The van der Waals surface area contributed by atoms with Crippen LogP contribution < -0.4 is 5.32 Å². The Kier molecular flexibility index (Phi) is 4.75. The van der Waals surface area contributed by atoms with Crippen LogP contribution in [-0.4, -0.2) is 27.4 Å². The minimum atomic E-state index is 0.564. The zero-order valence-corrected chi connectivity index (χ0v) is 11.9. The highest BCUT2D eigenvalue weighted by Gasteiger charge is 2.29. The van der Waals surface area contributed by atoms with Gasteiger partial charge in [0, 0.05) is 19.0 Å². The van der Waals surface area contributed by atoms with Gasteiger partial charge in [0.1, 0.15) is 12.2 Å². The summed E-state index contributed by atoms with van der Waals surface area (Å²) in [5, 5.41) is 7.92. The third kappa shape index (κ3) is 3.10. The minimum absolute atomic E-state index is 0.564. The summed E-state index contributed by atoms with van der Waals surface area (Å²) in [6.45, 7) is 8.64. The number of hydrogen-bond donors (Lipinski definition) is 1. The predicted octanol–water partition coefficient (Wildman–Crippen LogP) is 2.25. The molecule has 4 heteroatoms. The van der Waals surface area contributed by atoms with Gasteiger partial charge in [0.25, 0.3) is 0 Å². The summed E-state index contributed by atoms with van der Waals surface area (Å²) < 4.78 is 2.02. The molecule has 1 aromatic rings. The summed E-state index contributed by atoms with van der Waals surface area (Å²) in [5.41, 5.74) is 0. The molecule has 0 amide bonds. The second-order valence-electron chi connectivity index (χ2n) is 5.54. The molecular formula is C14H26N4. The molecule has 1 fully saturated rings. The van der Waals surface area contributed by atoms with Crippen LogP contribution in [0.15, 0.2) is 6.33 Å². The second-order valence-corrected chi connectivity index (χ2v) is 5.54. The van der Waals surface area contributed by atoms with Crippen molar-refractivity contribution in [2.24, 2.45) is 11.8 Å². The first-order valence-electron chi connectivity index (χ1n) is 7.34. The molecule has 0 aromatic carbocycles. The first kappa shape index (κ1) is 13.5. The van der Waals surface area contributed by atoms with Crippen molar-refractivity contribution in [3.8, 4) is 0 Å². The Balaban J connectivity index is 2.01. The number of nitrogens with zero attached hydrogens (tertiary/aromatic N) is 3. The van der Waals surface area contributed by atoms with Crippen LogP contribution in [0.1, 0.15) is 45.9 Å². The fourth-order valence-corrected chi connectivity index (χ4v) is 3.19. The van der Waals surface area contributed by atoms with Crippen molar-refractivity contribution in [2.45, 2.75) is 59.0 Å². The molecule has 1 N–H and O–H groups in total. The monoisotopic (exact) mass is 250 g/mol. The highest BCUT2D eigenvalue weighted by Crippen LogP contribution is 2.33. The second kappa shape index (κ2) is 6.32. The molecule has 1 saturated carbocycles. The van der Waals surface area contributed by atoms with E-state index >= 15 is 0 Å². The smallest absolute Gasteiger partial charge is 0.138 e. The first-order valence-corrected chi connectivity index (χ1v) is 7.34. The number of nitrogens with one attached hydrogen (secondary N) is 1. The summed E-state index contributed by atoms with van der Waals surface area (Å²) in [4.78, 5) is 4.41. The first-order chi connectivity index (χ1) is 8.74. The van der Waals surface area contributed by atoms with Crippen LogP contribution in [0.5, 0.6) is 0 Å². The molecule has 4 nitrogen and oxygen atoms in total. The van der Waals surface area contributed by atoms with E-state index in [1.54, 1.807) is 6.33 Å². The van der Waals surface area contributed by atoms with E-state index in [2.05, 4.69) is 36.2 Å². The fraction of sp³-hybridized carbons (Fsp3) is 0.857. The highest BCUT2D eigenvalue weighted by molar-refractivity contribution is 4.94.